The maximum Gasteiger partial charge on any atom is 0.161 e. The third-order valence-electron chi connectivity index (χ3n) is 2.32. The summed E-state index contributed by atoms with van der Waals surface area (Å²) in [6.07, 6.45) is 0.967. The number of benzene rings is 2. The SMILES string of the molecule is CC.CC.c1ccc2c(c1)OCCCO2.c1ccccc1. The Balaban J connectivity index is 0.000000341. The largest absolute Gasteiger partial charge is 0.490 e. The van der Waals surface area contributed by atoms with Gasteiger partial charge in [0, 0.05) is 6.42 Å². The molecular weight excluding hydrogens is 260 g/mol. The zero-order valence-electron chi connectivity index (χ0n) is 13.7. The molecule has 2 nitrogen and oxygen atoms in total. The minimum atomic E-state index is 0.761. The minimum Gasteiger partial charge on any atom is -0.490 e. The highest BCUT2D eigenvalue weighted by molar-refractivity contribution is 5.39. The van der Waals surface area contributed by atoms with Crippen molar-refractivity contribution in [1.29, 1.82) is 0 Å². The van der Waals surface area contributed by atoms with Crippen molar-refractivity contribution < 1.29 is 9.47 Å². The van der Waals surface area contributed by atoms with Crippen LogP contribution in [0.4, 0.5) is 0 Å². The van der Waals surface area contributed by atoms with Crippen molar-refractivity contribution in [3.8, 4) is 11.5 Å². The van der Waals surface area contributed by atoms with Gasteiger partial charge in [-0.1, -0.05) is 76.2 Å². The molecule has 0 spiro atoms. The monoisotopic (exact) mass is 288 g/mol. The molecule has 21 heavy (non-hydrogen) atoms. The van der Waals surface area contributed by atoms with E-state index in [0.29, 0.717) is 0 Å². The molecular formula is C19H28O2. The molecule has 3 rings (SSSR count). The van der Waals surface area contributed by atoms with Crippen LogP contribution in [0, 0.1) is 0 Å². The Morgan fingerprint density at radius 2 is 0.905 bits per heavy atom. The van der Waals surface area contributed by atoms with Crippen LogP contribution in [0.1, 0.15) is 34.1 Å². The van der Waals surface area contributed by atoms with Crippen LogP contribution in [-0.4, -0.2) is 13.2 Å². The first-order valence-corrected chi connectivity index (χ1v) is 7.81. The summed E-state index contributed by atoms with van der Waals surface area (Å²) in [4.78, 5) is 0. The Morgan fingerprint density at radius 3 is 1.24 bits per heavy atom. The third kappa shape index (κ3) is 8.74. The van der Waals surface area contributed by atoms with Crippen molar-refractivity contribution >= 4 is 0 Å². The normalized spacial score (nSPS) is 11.0. The average molecular weight is 288 g/mol. The fourth-order valence-electron chi connectivity index (χ4n) is 1.50. The van der Waals surface area contributed by atoms with E-state index < -0.39 is 0 Å². The maximum absolute atomic E-state index is 5.42. The highest BCUT2D eigenvalue weighted by Crippen LogP contribution is 2.27. The number of rotatable bonds is 0. The number of ether oxygens (including phenoxy) is 2. The molecule has 0 aliphatic carbocycles. The topological polar surface area (TPSA) is 18.5 Å². The van der Waals surface area contributed by atoms with E-state index in [1.165, 1.54) is 0 Å². The standard InChI is InChI=1S/C9H10O2.C6H6.2C2H6/c1-2-5-9-8(4-1)10-6-3-7-11-9;1-2-4-6-5-3-1;2*1-2/h1-2,4-5H,3,6-7H2;1-6H;2*1-2H3. The molecule has 0 fully saturated rings. The lowest BCUT2D eigenvalue weighted by molar-refractivity contribution is 0.297. The van der Waals surface area contributed by atoms with Gasteiger partial charge in [0.25, 0.3) is 0 Å². The molecule has 0 unspecified atom stereocenters. The summed E-state index contributed by atoms with van der Waals surface area (Å²) < 4.78 is 10.8. The molecule has 0 radical (unpaired) electrons. The lowest BCUT2D eigenvalue weighted by Crippen LogP contribution is -1.97. The van der Waals surface area contributed by atoms with Crippen LogP contribution >= 0.6 is 0 Å². The second-order valence-electron chi connectivity index (χ2n) is 3.65. The van der Waals surface area contributed by atoms with Gasteiger partial charge in [0.1, 0.15) is 0 Å². The molecule has 1 heterocycles. The van der Waals surface area contributed by atoms with Crippen molar-refractivity contribution in [3.05, 3.63) is 60.7 Å². The molecule has 1 aliphatic heterocycles. The van der Waals surface area contributed by atoms with E-state index in [2.05, 4.69) is 0 Å². The van der Waals surface area contributed by atoms with Crippen molar-refractivity contribution in [2.75, 3.05) is 13.2 Å². The van der Waals surface area contributed by atoms with E-state index in [1.807, 2.05) is 88.4 Å². The fourth-order valence-corrected chi connectivity index (χ4v) is 1.50. The average Bonchev–Trinajstić information content (AvgIpc) is 2.86. The first-order valence-electron chi connectivity index (χ1n) is 7.81. The summed E-state index contributed by atoms with van der Waals surface area (Å²) >= 11 is 0. The zero-order valence-corrected chi connectivity index (χ0v) is 13.7. The van der Waals surface area contributed by atoms with Crippen molar-refractivity contribution in [3.63, 3.8) is 0 Å². The van der Waals surface area contributed by atoms with Crippen LogP contribution in [0.15, 0.2) is 60.7 Å². The van der Waals surface area contributed by atoms with Crippen LogP contribution in [-0.2, 0) is 0 Å². The lowest BCUT2D eigenvalue weighted by Gasteiger charge is -2.04. The van der Waals surface area contributed by atoms with Crippen molar-refractivity contribution in [1.82, 2.24) is 0 Å². The number of para-hydroxylation sites is 2. The summed E-state index contributed by atoms with van der Waals surface area (Å²) in [7, 11) is 0. The van der Waals surface area contributed by atoms with Gasteiger partial charge in [-0.3, -0.25) is 0 Å². The molecule has 2 heteroatoms. The Kier molecular flexibility index (Phi) is 13.1. The number of hydrogen-bond donors (Lipinski definition) is 0. The summed E-state index contributed by atoms with van der Waals surface area (Å²) in [6.45, 7) is 9.52. The Hall–Kier alpha value is -1.96. The van der Waals surface area contributed by atoms with E-state index in [9.17, 15) is 0 Å². The lowest BCUT2D eigenvalue weighted by atomic mass is 10.3. The van der Waals surface area contributed by atoms with E-state index in [-0.39, 0.29) is 0 Å². The zero-order chi connectivity index (χ0) is 15.8. The molecule has 0 aromatic heterocycles. The first kappa shape index (κ1) is 19.0. The van der Waals surface area contributed by atoms with E-state index in [1.54, 1.807) is 0 Å². The molecule has 0 saturated heterocycles. The van der Waals surface area contributed by atoms with Crippen LogP contribution in [0.3, 0.4) is 0 Å². The van der Waals surface area contributed by atoms with Gasteiger partial charge >= 0.3 is 0 Å². The molecule has 0 saturated carbocycles. The van der Waals surface area contributed by atoms with Gasteiger partial charge in [-0.15, -0.1) is 0 Å². The quantitative estimate of drug-likeness (QED) is 0.629. The molecule has 1 aliphatic rings. The summed E-state index contributed by atoms with van der Waals surface area (Å²) in [5.41, 5.74) is 0. The smallest absolute Gasteiger partial charge is 0.161 e. The fraction of sp³-hybridized carbons (Fsp3) is 0.368. The summed E-state index contributed by atoms with van der Waals surface area (Å²) in [5, 5.41) is 0. The molecule has 2 aromatic rings. The second-order valence-corrected chi connectivity index (χ2v) is 3.65. The predicted molar refractivity (Wildman–Crippen MR) is 91.2 cm³/mol. The van der Waals surface area contributed by atoms with E-state index in [0.717, 1.165) is 31.1 Å². The first-order chi connectivity index (χ1) is 10.5. The molecule has 0 bridgehead atoms. The van der Waals surface area contributed by atoms with Gasteiger partial charge < -0.3 is 9.47 Å². The summed E-state index contributed by atoms with van der Waals surface area (Å²) in [6, 6.07) is 19.8. The van der Waals surface area contributed by atoms with E-state index in [4.69, 9.17) is 9.47 Å². The Bertz CT molecular complexity index is 375. The van der Waals surface area contributed by atoms with Crippen LogP contribution in [0.5, 0.6) is 11.5 Å². The van der Waals surface area contributed by atoms with Gasteiger partial charge in [-0.25, -0.2) is 0 Å². The summed E-state index contributed by atoms with van der Waals surface area (Å²) in [5.74, 6) is 1.73. The predicted octanol–water partition coefficient (Wildman–Crippen LogP) is 5.59. The van der Waals surface area contributed by atoms with E-state index >= 15 is 0 Å². The van der Waals surface area contributed by atoms with Crippen molar-refractivity contribution in [2.24, 2.45) is 0 Å². The molecule has 0 atom stereocenters. The van der Waals surface area contributed by atoms with Crippen LogP contribution in [0.25, 0.3) is 0 Å². The van der Waals surface area contributed by atoms with Gasteiger partial charge in [0.05, 0.1) is 13.2 Å². The number of hydrogen-bond acceptors (Lipinski definition) is 2. The van der Waals surface area contributed by atoms with Crippen LogP contribution in [0.2, 0.25) is 0 Å². The number of fused-ring (bicyclic) bond motifs is 1. The van der Waals surface area contributed by atoms with Crippen LogP contribution < -0.4 is 9.47 Å². The highest BCUT2D eigenvalue weighted by atomic mass is 16.5. The van der Waals surface area contributed by atoms with Gasteiger partial charge in [0.2, 0.25) is 0 Å². The van der Waals surface area contributed by atoms with Crippen molar-refractivity contribution in [2.45, 2.75) is 34.1 Å². The highest BCUT2D eigenvalue weighted by Gasteiger charge is 2.06. The Labute approximate surface area is 129 Å². The van der Waals surface area contributed by atoms with Gasteiger partial charge in [-0.05, 0) is 12.1 Å². The molecule has 0 amide bonds. The maximum atomic E-state index is 5.42. The minimum absolute atomic E-state index is 0.761. The second kappa shape index (κ2) is 14.4. The molecule has 0 N–H and O–H groups in total. The Morgan fingerprint density at radius 1 is 0.571 bits per heavy atom. The molecule has 116 valence electrons. The third-order valence-corrected chi connectivity index (χ3v) is 2.32. The van der Waals surface area contributed by atoms with Gasteiger partial charge in [-0.2, -0.15) is 0 Å². The van der Waals surface area contributed by atoms with Gasteiger partial charge in [0.15, 0.2) is 11.5 Å². The molecule has 2 aromatic carbocycles.